The first-order chi connectivity index (χ1) is 7.13. The number of carbonyl (C=O) groups is 1. The molecule has 0 unspecified atom stereocenters. The highest BCUT2D eigenvalue weighted by molar-refractivity contribution is 6.30. The second-order valence-corrected chi connectivity index (χ2v) is 3.05. The molecule has 0 aliphatic heterocycles. The molecule has 0 saturated heterocycles. The number of ether oxygens (including phenoxy) is 1. The zero-order valence-corrected chi connectivity index (χ0v) is 8.89. The van der Waals surface area contributed by atoms with Crippen LogP contribution < -0.4 is 5.32 Å². The molecule has 5 heteroatoms. The Balaban J connectivity index is 2.65. The predicted octanol–water partition coefficient (Wildman–Crippen LogP) is 2.21. The van der Waals surface area contributed by atoms with Gasteiger partial charge in [0.25, 0.3) is 0 Å². The van der Waals surface area contributed by atoms with Crippen LogP contribution in [0.15, 0.2) is 18.2 Å². The fourth-order valence-corrected chi connectivity index (χ4v) is 1.11. The number of hydrogen-bond acceptors (Lipinski definition) is 3. The lowest BCUT2D eigenvalue weighted by Gasteiger charge is -2.06. The minimum absolute atomic E-state index is 0.0515. The Kier molecular flexibility index (Phi) is 4.12. The maximum Gasteiger partial charge on any atom is 0.412 e. The van der Waals surface area contributed by atoms with E-state index in [1.165, 1.54) is 6.07 Å². The van der Waals surface area contributed by atoms with Crippen molar-refractivity contribution in [2.24, 2.45) is 0 Å². The quantitative estimate of drug-likeness (QED) is 0.599. The van der Waals surface area contributed by atoms with Gasteiger partial charge in [-0.2, -0.15) is 0 Å². The van der Waals surface area contributed by atoms with Crippen molar-refractivity contribution in [1.29, 1.82) is 5.41 Å². The summed E-state index contributed by atoms with van der Waals surface area (Å²) in [4.78, 5) is 11.0. The molecular weight excluding hydrogens is 216 g/mol. The first-order valence-corrected chi connectivity index (χ1v) is 4.71. The van der Waals surface area contributed by atoms with Gasteiger partial charge in [-0.15, -0.1) is 0 Å². The van der Waals surface area contributed by atoms with Crippen LogP contribution in [-0.4, -0.2) is 18.5 Å². The van der Waals surface area contributed by atoms with Crippen LogP contribution in [0.1, 0.15) is 12.5 Å². The number of rotatable bonds is 2. The molecule has 0 aliphatic rings. The fraction of sp³-hybridized carbons (Fsp3) is 0.200. The summed E-state index contributed by atoms with van der Waals surface area (Å²) in [7, 11) is 0. The van der Waals surface area contributed by atoms with Gasteiger partial charge in [0.05, 0.1) is 6.61 Å². The monoisotopic (exact) mass is 225 g/mol. The van der Waals surface area contributed by atoms with E-state index in [1.54, 1.807) is 19.1 Å². The van der Waals surface area contributed by atoms with Gasteiger partial charge in [0, 0.05) is 16.7 Å². The van der Waals surface area contributed by atoms with E-state index in [0.717, 1.165) is 0 Å². The second-order valence-electron chi connectivity index (χ2n) is 2.65. The predicted molar refractivity (Wildman–Crippen MR) is 57.3 cm³/mol. The molecule has 0 spiro atoms. The molecule has 0 bridgehead atoms. The van der Waals surface area contributed by atoms with Gasteiger partial charge in [-0.05, 0) is 13.0 Å². The van der Waals surface area contributed by atoms with E-state index in [9.17, 15) is 4.79 Å². The highest BCUT2D eigenvalue weighted by atomic mass is 35.5. The summed E-state index contributed by atoms with van der Waals surface area (Å²) >= 11 is 5.69. The minimum atomic E-state index is -0.647. The molecule has 0 saturated carbocycles. The third kappa shape index (κ3) is 3.59. The van der Waals surface area contributed by atoms with Crippen LogP contribution >= 0.6 is 11.6 Å². The third-order valence-electron chi connectivity index (χ3n) is 1.56. The molecule has 0 heterocycles. The van der Waals surface area contributed by atoms with Crippen molar-refractivity contribution < 1.29 is 9.53 Å². The van der Waals surface area contributed by atoms with Gasteiger partial charge >= 0.3 is 6.09 Å². The summed E-state index contributed by atoms with van der Waals surface area (Å²) < 4.78 is 4.63. The van der Waals surface area contributed by atoms with Crippen molar-refractivity contribution in [2.45, 2.75) is 6.92 Å². The van der Waals surface area contributed by atoms with Crippen molar-refractivity contribution in [3.8, 4) is 0 Å². The summed E-state index contributed by atoms with van der Waals surface area (Å²) in [5, 5.41) is 10.2. The topological polar surface area (TPSA) is 62.2 Å². The molecule has 1 aromatic carbocycles. The molecule has 0 fully saturated rings. The maximum absolute atomic E-state index is 11.0. The highest BCUT2D eigenvalue weighted by Crippen LogP contribution is 2.09. The fourth-order valence-electron chi connectivity index (χ4n) is 0.934. The molecule has 0 aliphatic carbocycles. The Labute approximate surface area is 92.7 Å². The third-order valence-corrected chi connectivity index (χ3v) is 1.78. The van der Waals surface area contributed by atoms with Gasteiger partial charge in [0.15, 0.2) is 0 Å². The van der Waals surface area contributed by atoms with Crippen molar-refractivity contribution >= 4 is 23.5 Å². The summed E-state index contributed by atoms with van der Waals surface area (Å²) in [6, 6.07) is 7.48. The van der Waals surface area contributed by atoms with Gasteiger partial charge in [-0.1, -0.05) is 23.7 Å². The molecule has 1 amide bonds. The zero-order valence-electron chi connectivity index (χ0n) is 8.13. The van der Waals surface area contributed by atoms with E-state index >= 15 is 0 Å². The molecule has 15 heavy (non-hydrogen) atoms. The first kappa shape index (κ1) is 11.5. The van der Waals surface area contributed by atoms with Crippen molar-refractivity contribution in [3.63, 3.8) is 0 Å². The summed E-state index contributed by atoms with van der Waals surface area (Å²) in [6.45, 7) is 1.96. The van der Waals surface area contributed by atoms with Crippen molar-refractivity contribution in [1.82, 2.24) is 5.32 Å². The van der Waals surface area contributed by atoms with E-state index in [1.807, 2.05) is 0 Å². The molecule has 4 nitrogen and oxygen atoms in total. The number of nitrogens with one attached hydrogen (secondary N) is 2. The Hall–Kier alpha value is -1.55. The number of carbonyl (C=O) groups excluding carboxylic acids is 1. The normalized spacial score (nSPS) is 9.47. The van der Waals surface area contributed by atoms with E-state index in [4.69, 9.17) is 17.0 Å². The first-order valence-electron chi connectivity index (χ1n) is 4.33. The largest absolute Gasteiger partial charge is 0.450 e. The van der Waals surface area contributed by atoms with Gasteiger partial charge in [-0.3, -0.25) is 10.7 Å². The lowest BCUT2D eigenvalue weighted by atomic mass is 10.2. The van der Waals surface area contributed by atoms with Crippen LogP contribution in [0, 0.1) is 11.5 Å². The van der Waals surface area contributed by atoms with Crippen LogP contribution in [0.25, 0.3) is 0 Å². The average Bonchev–Trinajstić information content (AvgIpc) is 2.18. The number of alkyl carbamates (subject to hydrolysis) is 1. The standard InChI is InChI=1S/C10H10ClN2O2/c1-2-15-10(14)13-9(12)7-4-3-5-8(11)6-7/h3-4,6H,2H2,1H3,(H2,12,13,14). The van der Waals surface area contributed by atoms with Gasteiger partial charge in [0.2, 0.25) is 0 Å². The molecule has 1 aromatic rings. The van der Waals surface area contributed by atoms with E-state index in [-0.39, 0.29) is 12.4 Å². The van der Waals surface area contributed by atoms with Crippen LogP contribution in [0.5, 0.6) is 0 Å². The Morgan fingerprint density at radius 2 is 2.47 bits per heavy atom. The van der Waals surface area contributed by atoms with E-state index in [2.05, 4.69) is 16.1 Å². The molecule has 1 radical (unpaired) electrons. The van der Waals surface area contributed by atoms with Crippen LogP contribution in [0.2, 0.25) is 5.02 Å². The number of halogens is 1. The number of hydrogen-bond donors (Lipinski definition) is 2. The Bertz CT molecular complexity index is 379. The van der Waals surface area contributed by atoms with E-state index in [0.29, 0.717) is 10.6 Å². The lowest BCUT2D eigenvalue weighted by molar-refractivity contribution is 0.158. The maximum atomic E-state index is 11.0. The van der Waals surface area contributed by atoms with Gasteiger partial charge in [0.1, 0.15) is 5.84 Å². The minimum Gasteiger partial charge on any atom is -0.450 e. The molecule has 0 aromatic heterocycles. The smallest absolute Gasteiger partial charge is 0.412 e. The number of amides is 1. The number of benzene rings is 1. The lowest BCUT2D eigenvalue weighted by Crippen LogP contribution is -2.30. The summed E-state index contributed by atoms with van der Waals surface area (Å²) in [5.41, 5.74) is 0.506. The average molecular weight is 226 g/mol. The SMILES string of the molecule is CCOC(=O)NC(=N)c1cc[c]c(Cl)c1. The summed E-state index contributed by atoms with van der Waals surface area (Å²) in [6.07, 6.45) is -0.647. The second kappa shape index (κ2) is 5.36. The zero-order chi connectivity index (χ0) is 11.3. The van der Waals surface area contributed by atoms with Crippen molar-refractivity contribution in [3.05, 3.63) is 34.9 Å². The van der Waals surface area contributed by atoms with Crippen molar-refractivity contribution in [2.75, 3.05) is 6.61 Å². The Morgan fingerprint density at radius 1 is 1.73 bits per heavy atom. The van der Waals surface area contributed by atoms with Crippen LogP contribution in [-0.2, 0) is 4.74 Å². The summed E-state index contributed by atoms with van der Waals surface area (Å²) in [5.74, 6) is -0.0515. The van der Waals surface area contributed by atoms with Crippen LogP contribution in [0.3, 0.4) is 0 Å². The Morgan fingerprint density at radius 3 is 3.07 bits per heavy atom. The molecule has 1 rings (SSSR count). The molecule has 0 atom stereocenters. The van der Waals surface area contributed by atoms with Gasteiger partial charge < -0.3 is 4.74 Å². The molecule has 79 valence electrons. The highest BCUT2D eigenvalue weighted by Gasteiger charge is 2.06. The van der Waals surface area contributed by atoms with E-state index < -0.39 is 6.09 Å². The number of amidine groups is 1. The molecule has 2 N–H and O–H groups in total. The molecular formula is C10H10ClN2O2. The van der Waals surface area contributed by atoms with Gasteiger partial charge in [-0.25, -0.2) is 4.79 Å². The van der Waals surface area contributed by atoms with Crippen LogP contribution in [0.4, 0.5) is 4.79 Å².